The molecule has 0 nitrogen and oxygen atoms in total. The zero-order valence-corrected chi connectivity index (χ0v) is 69.7. The molecule has 0 bridgehead atoms. The molecule has 0 heterocycles. The average molecular weight is 1570 g/mol. The maximum absolute atomic E-state index is 4.93. The number of hydrogen-bond donors (Lipinski definition) is 0. The van der Waals surface area contributed by atoms with Crippen LogP contribution in [-0.4, -0.2) is 16.1 Å². The minimum atomic E-state index is -1.35. The molecule has 0 radical (unpaired) electrons. The van der Waals surface area contributed by atoms with E-state index >= 15 is 0 Å². The van der Waals surface area contributed by atoms with Crippen molar-refractivity contribution in [1.82, 2.24) is 0 Å². The van der Waals surface area contributed by atoms with Gasteiger partial charge in [-0.2, -0.15) is 0 Å². The van der Waals surface area contributed by atoms with Crippen molar-refractivity contribution < 1.29 is 62.5 Å². The Balaban J connectivity index is 0.000000312. The molecule has 0 spiro atoms. The van der Waals surface area contributed by atoms with E-state index in [0.29, 0.717) is 23.7 Å². The summed E-state index contributed by atoms with van der Waals surface area (Å²) in [5, 5.41) is 0. The van der Waals surface area contributed by atoms with Crippen LogP contribution < -0.4 is 0 Å². The summed E-state index contributed by atoms with van der Waals surface area (Å²) >= 11 is -2.48. The van der Waals surface area contributed by atoms with Crippen LogP contribution in [0.3, 0.4) is 0 Å². The van der Waals surface area contributed by atoms with Crippen LogP contribution in [0.4, 0.5) is 0 Å². The second-order valence-corrected chi connectivity index (χ2v) is 50.0. The Morgan fingerprint density at radius 1 is 0.322 bits per heavy atom. The molecule has 0 N–H and O–H groups in total. The minimum absolute atomic E-state index is 0. The Morgan fingerprint density at radius 2 is 0.575 bits per heavy atom. The van der Waals surface area contributed by atoms with Gasteiger partial charge in [-0.3, -0.25) is 0 Å². The van der Waals surface area contributed by atoms with Gasteiger partial charge in [0.25, 0.3) is 0 Å². The molecule has 0 aromatic rings. The number of allylic oxidation sites excluding steroid dienone is 24. The molecule has 14 aliphatic rings. The van der Waals surface area contributed by atoms with Crippen molar-refractivity contribution in [2.45, 2.75) is 165 Å². The van der Waals surface area contributed by atoms with Gasteiger partial charge >= 0.3 is 114 Å². The summed E-state index contributed by atoms with van der Waals surface area (Å²) in [6.45, 7) is 16.2. The molecule has 22 atom stereocenters. The summed E-state index contributed by atoms with van der Waals surface area (Å²) < 4.78 is 0. The van der Waals surface area contributed by atoms with Gasteiger partial charge in [0.1, 0.15) is 0 Å². The summed E-state index contributed by atoms with van der Waals surface area (Å²) in [5.41, 5.74) is 4.32. The maximum atomic E-state index is 4.93. The van der Waals surface area contributed by atoms with Crippen LogP contribution in [0.15, 0.2) is 146 Å². The van der Waals surface area contributed by atoms with Gasteiger partial charge in [-0.15, -0.1) is 0 Å². The molecule has 0 saturated heterocycles. The first-order valence-corrected chi connectivity index (χ1v) is 57.6. The van der Waals surface area contributed by atoms with Gasteiger partial charge in [0, 0.05) is 0 Å². The van der Waals surface area contributed by atoms with E-state index < -0.39 is 78.7 Å². The van der Waals surface area contributed by atoms with Crippen molar-refractivity contribution in [2.75, 3.05) is 0 Å². The monoisotopic (exact) mass is 1560 g/mol. The van der Waals surface area contributed by atoms with E-state index in [4.69, 9.17) is 51.1 Å². The normalized spacial score (nSPS) is 40.0. The van der Waals surface area contributed by atoms with Crippen LogP contribution in [-0.2, 0) is 62.5 Å². The first kappa shape index (κ1) is 82.9. The third-order valence-electron chi connectivity index (χ3n) is 24.8. The van der Waals surface area contributed by atoms with E-state index in [0.717, 1.165) is 93.9 Å². The Bertz CT molecular complexity index is 2170. The molecule has 0 amide bonds. The SMILES string of the molecule is C1=CC2C3C=CC=CC3C(CCC3C4C=CC=CC4C4C=CC=CC43)C2C=C1.CC1CC2C=CC=CC2C1[Si](C)(C)C1C(C)CC2C=CC=CC21.C[Si](C)(C1CCC2CCCCC21)C1CCC2CCCCC21.[CH3-].[CH3-].[CH3-].[CH3-].[CH3-].[CH3-].[Cl][Zr+2][Cl].[Cl][Zr+2][Cl].[Cl][Zr+2][Cl]. The van der Waals surface area contributed by atoms with E-state index in [1.807, 2.05) is 0 Å². The van der Waals surface area contributed by atoms with Gasteiger partial charge in [-0.05, 0) is 166 Å². The van der Waals surface area contributed by atoms with Gasteiger partial charge in [0.15, 0.2) is 0 Å². The molecule has 8 saturated carbocycles. The van der Waals surface area contributed by atoms with Gasteiger partial charge < -0.3 is 44.6 Å². The topological polar surface area (TPSA) is 0 Å². The fourth-order valence-electron chi connectivity index (χ4n) is 22.2. The van der Waals surface area contributed by atoms with Crippen LogP contribution in [0.5, 0.6) is 0 Å². The van der Waals surface area contributed by atoms with Crippen LogP contribution in [0.25, 0.3) is 0 Å². The molecule has 11 heteroatoms. The number of halogens is 6. The summed E-state index contributed by atoms with van der Waals surface area (Å²) in [6.07, 6.45) is 82.2. The summed E-state index contributed by atoms with van der Waals surface area (Å²) in [7, 11) is 27.2. The van der Waals surface area contributed by atoms with Crippen LogP contribution in [0.1, 0.15) is 117 Å². The van der Waals surface area contributed by atoms with Crippen molar-refractivity contribution in [3.63, 3.8) is 0 Å². The average Bonchev–Trinajstić information content (AvgIpc) is 1.82. The number of hydrogen-bond acceptors (Lipinski definition) is 0. The summed E-state index contributed by atoms with van der Waals surface area (Å²) in [5.74, 6) is 17.1. The third-order valence-corrected chi connectivity index (χ3v) is 35.4. The van der Waals surface area contributed by atoms with E-state index in [1.54, 1.807) is 77.0 Å². The Hall–Kier alpha value is 1.70. The fourth-order valence-corrected chi connectivity index (χ4v) is 34.1. The van der Waals surface area contributed by atoms with Crippen LogP contribution in [0, 0.1) is 163 Å². The van der Waals surface area contributed by atoms with Crippen molar-refractivity contribution in [1.29, 1.82) is 0 Å². The summed E-state index contributed by atoms with van der Waals surface area (Å²) in [4.78, 5) is 0. The Kier molecular flexibility index (Phi) is 37.9. The van der Waals surface area contributed by atoms with E-state index in [-0.39, 0.29) is 44.6 Å². The van der Waals surface area contributed by atoms with Crippen molar-refractivity contribution in [3.8, 4) is 0 Å². The van der Waals surface area contributed by atoms with E-state index in [1.165, 1.54) is 48.6 Å². The molecule has 14 rings (SSSR count). The van der Waals surface area contributed by atoms with Crippen molar-refractivity contribution in [3.05, 3.63) is 190 Å². The van der Waals surface area contributed by atoms with E-state index in [2.05, 4.69) is 186 Å². The zero-order valence-electron chi connectivity index (χ0n) is 55.8. The van der Waals surface area contributed by atoms with Crippen molar-refractivity contribution >= 4 is 67.2 Å². The molecule has 22 unspecified atom stereocenters. The first-order valence-electron chi connectivity index (χ1n) is 32.3. The number of fused-ring (bicyclic) bond motifs is 10. The van der Waals surface area contributed by atoms with Crippen LogP contribution in [0.2, 0.25) is 48.4 Å². The molecule has 0 aromatic heterocycles. The second kappa shape index (κ2) is 39.8. The second-order valence-electron chi connectivity index (χ2n) is 28.7. The van der Waals surface area contributed by atoms with Crippen molar-refractivity contribution in [2.24, 2.45) is 118 Å². The van der Waals surface area contributed by atoms with Crippen LogP contribution >= 0.6 is 51.1 Å². The molecule has 87 heavy (non-hydrogen) atoms. The number of rotatable bonds is 7. The molecular weight excluding hydrogens is 1460 g/mol. The molecule has 482 valence electrons. The van der Waals surface area contributed by atoms with E-state index in [9.17, 15) is 0 Å². The molecular formula is C76H116Cl6Si2Zr3. The van der Waals surface area contributed by atoms with Gasteiger partial charge in [-0.25, -0.2) is 0 Å². The standard InChI is InChI=1S/C28H30.C22H32Si.C20H36Si.6CH3.6ClH.3Zr/c1-5-13-23-19(9-1)20-10-2-6-14-24(20)27(23)17-18-28-25-15-7-3-11-21(25)22-12-4-8-16-26(22)28;1-15-13-17-9-5-7-11-19(17)21(15)23(3,4)22-16(2)14-18-10-6-8-12-20(18)22;1-21(2,19-13-11-15-7-3-5-9-17(15)19)20-14-12-16-8-4-6-10-18(16)20;;;;;;;;;;;;;;;/h1-16,19-28H,17-18H2;5-12,15-22H,13-14H2,1-4H3;15-20H,3-14H2,1-2H3;6*1H3;6*1H;;;/q;;;6*-1;;;;;;;3*+4/p-6. The van der Waals surface area contributed by atoms with Gasteiger partial charge in [0.2, 0.25) is 0 Å². The zero-order chi connectivity index (χ0) is 57.3. The molecule has 8 fully saturated rings. The Morgan fingerprint density at radius 3 is 0.874 bits per heavy atom. The molecule has 14 aliphatic carbocycles. The predicted molar refractivity (Wildman–Crippen MR) is 388 cm³/mol. The van der Waals surface area contributed by atoms with Gasteiger partial charge in [-0.1, -0.05) is 263 Å². The fraction of sp³-hybridized carbons (Fsp3) is 0.605. The van der Waals surface area contributed by atoms with Gasteiger partial charge in [0.05, 0.1) is 16.1 Å². The predicted octanol–water partition coefficient (Wildman–Crippen LogP) is 26.2. The quantitative estimate of drug-likeness (QED) is 0.176. The molecule has 0 aliphatic heterocycles. The Labute approximate surface area is 596 Å². The molecule has 0 aromatic carbocycles. The first-order chi connectivity index (χ1) is 39.3. The third kappa shape index (κ3) is 18.9. The summed E-state index contributed by atoms with van der Waals surface area (Å²) in [6, 6.07) is 0.